The van der Waals surface area contributed by atoms with E-state index in [1.54, 1.807) is 0 Å². The van der Waals surface area contributed by atoms with E-state index >= 15 is 0 Å². The second-order valence-electron chi connectivity index (χ2n) is 5.16. The summed E-state index contributed by atoms with van der Waals surface area (Å²) in [6, 6.07) is 3.38. The van der Waals surface area contributed by atoms with Crippen LogP contribution in [0.3, 0.4) is 0 Å². The van der Waals surface area contributed by atoms with E-state index in [-0.39, 0.29) is 23.3 Å². The van der Waals surface area contributed by atoms with Crippen molar-refractivity contribution in [3.05, 3.63) is 29.0 Å². The zero-order valence-corrected chi connectivity index (χ0v) is 13.5. The highest BCUT2D eigenvalue weighted by molar-refractivity contribution is 7.88. The molecule has 1 fully saturated rings. The highest BCUT2D eigenvalue weighted by Crippen LogP contribution is 2.22. The first kappa shape index (κ1) is 17.0. The van der Waals surface area contributed by atoms with Crippen LogP contribution in [-0.2, 0) is 10.0 Å². The Morgan fingerprint density at radius 2 is 2.18 bits per heavy atom. The van der Waals surface area contributed by atoms with Gasteiger partial charge in [-0.25, -0.2) is 21.9 Å². The van der Waals surface area contributed by atoms with Gasteiger partial charge in [0.25, 0.3) is 0 Å². The van der Waals surface area contributed by atoms with Crippen LogP contribution in [0.4, 0.5) is 14.9 Å². The average Bonchev–Trinajstić information content (AvgIpc) is 2.43. The molecule has 2 N–H and O–H groups in total. The lowest BCUT2D eigenvalue weighted by atomic mass is 10.1. The van der Waals surface area contributed by atoms with Crippen LogP contribution < -0.4 is 10.6 Å². The lowest BCUT2D eigenvalue weighted by molar-refractivity contribution is 0.236. The summed E-state index contributed by atoms with van der Waals surface area (Å²) in [5.41, 5.74) is -0.0271. The van der Waals surface area contributed by atoms with Gasteiger partial charge in [-0.1, -0.05) is 17.7 Å². The molecule has 9 heteroatoms. The maximum absolute atomic E-state index is 13.7. The van der Waals surface area contributed by atoms with Crippen LogP contribution in [0.1, 0.15) is 12.8 Å². The molecule has 0 radical (unpaired) electrons. The summed E-state index contributed by atoms with van der Waals surface area (Å²) in [6.45, 7) is 0.659. The van der Waals surface area contributed by atoms with Crippen LogP contribution >= 0.6 is 11.6 Å². The highest BCUT2D eigenvalue weighted by Gasteiger charge is 2.26. The van der Waals surface area contributed by atoms with Crippen molar-refractivity contribution in [2.75, 3.05) is 24.7 Å². The number of amides is 2. The zero-order chi connectivity index (χ0) is 16.3. The number of urea groups is 1. The smallest absolute Gasteiger partial charge is 0.319 e. The first-order chi connectivity index (χ1) is 10.3. The molecule has 1 aromatic rings. The summed E-state index contributed by atoms with van der Waals surface area (Å²) in [4.78, 5) is 11.9. The summed E-state index contributed by atoms with van der Waals surface area (Å²) >= 11 is 5.64. The number of carbonyl (C=O) groups is 1. The van der Waals surface area contributed by atoms with E-state index in [1.165, 1.54) is 22.5 Å². The molecule has 0 aliphatic carbocycles. The Morgan fingerprint density at radius 3 is 2.86 bits per heavy atom. The average molecular weight is 350 g/mol. The minimum absolute atomic E-state index is 0.0271. The molecule has 1 aliphatic rings. The van der Waals surface area contributed by atoms with Crippen LogP contribution in [0.5, 0.6) is 0 Å². The van der Waals surface area contributed by atoms with Crippen LogP contribution in [0.2, 0.25) is 5.02 Å². The second kappa shape index (κ2) is 6.80. The molecule has 122 valence electrons. The molecule has 0 aromatic heterocycles. The Bertz CT molecular complexity index is 668. The van der Waals surface area contributed by atoms with Gasteiger partial charge in [-0.2, -0.15) is 0 Å². The van der Waals surface area contributed by atoms with Gasteiger partial charge < -0.3 is 10.6 Å². The third-order valence-corrected chi connectivity index (χ3v) is 4.95. The van der Waals surface area contributed by atoms with Crippen molar-refractivity contribution in [1.82, 2.24) is 9.62 Å². The summed E-state index contributed by atoms with van der Waals surface area (Å²) in [6.07, 6.45) is 2.46. The fraction of sp³-hybridized carbons (Fsp3) is 0.462. The topological polar surface area (TPSA) is 78.5 Å². The van der Waals surface area contributed by atoms with Crippen LogP contribution in [0, 0.1) is 5.82 Å². The Hall–Kier alpha value is -1.38. The van der Waals surface area contributed by atoms with Crippen LogP contribution in [0.25, 0.3) is 0 Å². The number of benzene rings is 1. The number of anilines is 1. The minimum Gasteiger partial charge on any atom is -0.334 e. The molecule has 1 heterocycles. The maximum atomic E-state index is 13.7. The molecule has 1 saturated heterocycles. The Balaban J connectivity index is 1.96. The van der Waals surface area contributed by atoms with Crippen LogP contribution in [-0.4, -0.2) is 44.1 Å². The number of carbonyl (C=O) groups excluding carboxylic acids is 1. The molecule has 1 atom stereocenters. The molecule has 6 nitrogen and oxygen atoms in total. The fourth-order valence-electron chi connectivity index (χ4n) is 2.31. The molecule has 1 aromatic carbocycles. The molecule has 2 amide bonds. The molecule has 0 saturated carbocycles. The standard InChI is InChI=1S/C13H17ClFN3O3S/c1-22(20,21)18-7-3-4-9(8-18)16-13(19)17-11-6-2-5-10(14)12(11)15/h2,5-6,9H,3-4,7-8H2,1H3,(H2,16,17,19). The molecule has 0 spiro atoms. The predicted octanol–water partition coefficient (Wildman–Crippen LogP) is 2.02. The van der Waals surface area contributed by atoms with Crippen molar-refractivity contribution >= 4 is 33.3 Å². The number of piperidine rings is 1. The van der Waals surface area contributed by atoms with Gasteiger partial charge in [-0.15, -0.1) is 0 Å². The number of halogens is 2. The number of hydrogen-bond acceptors (Lipinski definition) is 3. The fourth-order valence-corrected chi connectivity index (χ4v) is 3.39. The molecular formula is C13H17ClFN3O3S. The summed E-state index contributed by atoms with van der Waals surface area (Å²) < 4.78 is 38.1. The van der Waals surface area contributed by atoms with E-state index in [4.69, 9.17) is 11.6 Å². The van der Waals surface area contributed by atoms with Gasteiger partial charge in [0.2, 0.25) is 10.0 Å². The third kappa shape index (κ3) is 4.31. The first-order valence-corrected chi connectivity index (χ1v) is 8.96. The Labute approximate surface area is 133 Å². The lowest BCUT2D eigenvalue weighted by Crippen LogP contribution is -2.50. The van der Waals surface area contributed by atoms with Gasteiger partial charge in [0, 0.05) is 19.1 Å². The van der Waals surface area contributed by atoms with Gasteiger partial charge in [0.15, 0.2) is 5.82 Å². The van der Waals surface area contributed by atoms with Gasteiger partial charge >= 0.3 is 6.03 Å². The molecule has 1 aliphatic heterocycles. The third-order valence-electron chi connectivity index (χ3n) is 3.39. The van der Waals surface area contributed by atoms with E-state index in [0.29, 0.717) is 19.4 Å². The minimum atomic E-state index is -3.28. The maximum Gasteiger partial charge on any atom is 0.319 e. The number of sulfonamides is 1. The molecular weight excluding hydrogens is 333 g/mol. The van der Waals surface area contributed by atoms with E-state index in [0.717, 1.165) is 6.26 Å². The largest absolute Gasteiger partial charge is 0.334 e. The van der Waals surface area contributed by atoms with Crippen molar-refractivity contribution in [3.8, 4) is 0 Å². The van der Waals surface area contributed by atoms with Crippen molar-refractivity contribution < 1.29 is 17.6 Å². The van der Waals surface area contributed by atoms with Crippen molar-refractivity contribution in [2.24, 2.45) is 0 Å². The summed E-state index contributed by atoms with van der Waals surface area (Å²) in [7, 11) is -3.28. The van der Waals surface area contributed by atoms with Gasteiger partial charge in [0.05, 0.1) is 17.0 Å². The summed E-state index contributed by atoms with van der Waals surface area (Å²) in [5, 5.41) is 4.94. The van der Waals surface area contributed by atoms with Gasteiger partial charge in [-0.05, 0) is 25.0 Å². The molecule has 2 rings (SSSR count). The zero-order valence-electron chi connectivity index (χ0n) is 12.0. The van der Waals surface area contributed by atoms with E-state index < -0.39 is 21.9 Å². The highest BCUT2D eigenvalue weighted by atomic mass is 35.5. The normalized spacial score (nSPS) is 19.7. The monoisotopic (exact) mass is 349 g/mol. The molecule has 1 unspecified atom stereocenters. The van der Waals surface area contributed by atoms with Crippen molar-refractivity contribution in [2.45, 2.75) is 18.9 Å². The quantitative estimate of drug-likeness (QED) is 0.876. The number of nitrogens with zero attached hydrogens (tertiary/aromatic N) is 1. The van der Waals surface area contributed by atoms with Crippen molar-refractivity contribution in [3.63, 3.8) is 0 Å². The molecule has 22 heavy (non-hydrogen) atoms. The number of hydrogen-bond donors (Lipinski definition) is 2. The van der Waals surface area contributed by atoms with Gasteiger partial charge in [0.1, 0.15) is 0 Å². The molecule has 0 bridgehead atoms. The van der Waals surface area contributed by atoms with Crippen molar-refractivity contribution in [1.29, 1.82) is 0 Å². The SMILES string of the molecule is CS(=O)(=O)N1CCCC(NC(=O)Nc2cccc(Cl)c2F)C1. The van der Waals surface area contributed by atoms with Crippen LogP contribution in [0.15, 0.2) is 18.2 Å². The lowest BCUT2D eigenvalue weighted by Gasteiger charge is -2.31. The van der Waals surface area contributed by atoms with E-state index in [9.17, 15) is 17.6 Å². The Kier molecular flexibility index (Phi) is 5.25. The van der Waals surface area contributed by atoms with E-state index in [1.807, 2.05) is 0 Å². The Morgan fingerprint density at radius 1 is 1.45 bits per heavy atom. The predicted molar refractivity (Wildman–Crippen MR) is 83.0 cm³/mol. The number of nitrogens with one attached hydrogen (secondary N) is 2. The first-order valence-electron chi connectivity index (χ1n) is 6.74. The van der Waals surface area contributed by atoms with E-state index in [2.05, 4.69) is 10.6 Å². The summed E-state index contributed by atoms with van der Waals surface area (Å²) in [5.74, 6) is -0.708. The number of rotatable bonds is 3. The van der Waals surface area contributed by atoms with Gasteiger partial charge in [-0.3, -0.25) is 0 Å². The second-order valence-corrected chi connectivity index (χ2v) is 7.55.